The molecule has 4 heteroatoms. The lowest BCUT2D eigenvalue weighted by Crippen LogP contribution is -1.88. The van der Waals surface area contributed by atoms with Crippen LogP contribution >= 0.6 is 11.6 Å². The van der Waals surface area contributed by atoms with Crippen molar-refractivity contribution < 1.29 is 5.11 Å². The minimum atomic E-state index is 0.185. The fraction of sp³-hybridized carbons (Fsp3) is 0.0714. The molecular formula is C14H11ClN2O. The topological polar surface area (TPSA) is 37.5 Å². The molecule has 2 heterocycles. The van der Waals surface area contributed by atoms with E-state index in [-0.39, 0.29) is 5.75 Å². The summed E-state index contributed by atoms with van der Waals surface area (Å²) in [7, 11) is 0. The fourth-order valence-electron chi connectivity index (χ4n) is 1.94. The van der Waals surface area contributed by atoms with Gasteiger partial charge in [0.05, 0.1) is 11.7 Å². The molecule has 0 saturated heterocycles. The van der Waals surface area contributed by atoms with Gasteiger partial charge < -0.3 is 5.11 Å². The standard InChI is InChI=1S/C14H11ClN2O/c1-9-2-4-10(5-3-9)14-16-13(15)12-7-6-11(18)8-17(12)14/h2-8,18H,1H3. The van der Waals surface area contributed by atoms with E-state index in [4.69, 9.17) is 11.6 Å². The monoisotopic (exact) mass is 258 g/mol. The number of imidazole rings is 1. The third kappa shape index (κ3) is 1.73. The maximum Gasteiger partial charge on any atom is 0.155 e. The van der Waals surface area contributed by atoms with Crippen LogP contribution in [0.3, 0.4) is 0 Å². The first-order valence-electron chi connectivity index (χ1n) is 5.59. The van der Waals surface area contributed by atoms with E-state index in [0.29, 0.717) is 5.15 Å². The van der Waals surface area contributed by atoms with Crippen LogP contribution < -0.4 is 0 Å². The largest absolute Gasteiger partial charge is 0.506 e. The molecule has 0 fully saturated rings. The van der Waals surface area contributed by atoms with Gasteiger partial charge in [0, 0.05) is 5.56 Å². The number of rotatable bonds is 1. The van der Waals surface area contributed by atoms with E-state index in [9.17, 15) is 5.11 Å². The Morgan fingerprint density at radius 2 is 1.83 bits per heavy atom. The van der Waals surface area contributed by atoms with E-state index in [2.05, 4.69) is 4.98 Å². The molecule has 0 saturated carbocycles. The minimum Gasteiger partial charge on any atom is -0.506 e. The van der Waals surface area contributed by atoms with Crippen LogP contribution in [0.4, 0.5) is 0 Å². The Labute approximate surface area is 109 Å². The summed E-state index contributed by atoms with van der Waals surface area (Å²) < 4.78 is 1.79. The molecule has 0 bridgehead atoms. The number of aryl methyl sites for hydroxylation is 1. The summed E-state index contributed by atoms with van der Waals surface area (Å²) in [6, 6.07) is 11.4. The fourth-order valence-corrected chi connectivity index (χ4v) is 2.18. The molecule has 90 valence electrons. The second-order valence-electron chi connectivity index (χ2n) is 4.23. The van der Waals surface area contributed by atoms with Gasteiger partial charge in [-0.05, 0) is 19.1 Å². The summed E-state index contributed by atoms with van der Waals surface area (Å²) in [5, 5.41) is 10.00. The first kappa shape index (κ1) is 11.1. The average Bonchev–Trinajstić information content (AvgIpc) is 2.67. The highest BCUT2D eigenvalue weighted by molar-refractivity contribution is 6.32. The molecule has 0 aliphatic heterocycles. The molecule has 0 atom stereocenters. The first-order valence-corrected chi connectivity index (χ1v) is 5.96. The SMILES string of the molecule is Cc1ccc(-c2nc(Cl)c3ccc(O)cn23)cc1. The van der Waals surface area contributed by atoms with E-state index in [0.717, 1.165) is 16.9 Å². The Morgan fingerprint density at radius 3 is 2.56 bits per heavy atom. The van der Waals surface area contributed by atoms with Crippen molar-refractivity contribution in [1.29, 1.82) is 0 Å². The predicted octanol–water partition coefficient (Wildman–Crippen LogP) is 3.67. The summed E-state index contributed by atoms with van der Waals surface area (Å²) >= 11 is 6.10. The van der Waals surface area contributed by atoms with Gasteiger partial charge >= 0.3 is 0 Å². The molecule has 1 N–H and O–H groups in total. The van der Waals surface area contributed by atoms with Gasteiger partial charge in [0.1, 0.15) is 11.6 Å². The molecule has 0 radical (unpaired) electrons. The van der Waals surface area contributed by atoms with E-state index < -0.39 is 0 Å². The highest BCUT2D eigenvalue weighted by Gasteiger charge is 2.11. The minimum absolute atomic E-state index is 0.185. The Hall–Kier alpha value is -2.00. The lowest BCUT2D eigenvalue weighted by Gasteiger charge is -2.02. The molecule has 3 nitrogen and oxygen atoms in total. The Bertz CT molecular complexity index is 716. The summed E-state index contributed by atoms with van der Waals surface area (Å²) in [6.45, 7) is 2.03. The molecule has 18 heavy (non-hydrogen) atoms. The highest BCUT2D eigenvalue weighted by atomic mass is 35.5. The molecule has 0 aliphatic carbocycles. The first-order chi connectivity index (χ1) is 8.65. The van der Waals surface area contributed by atoms with Crippen molar-refractivity contribution in [2.45, 2.75) is 6.92 Å². The zero-order valence-electron chi connectivity index (χ0n) is 9.76. The van der Waals surface area contributed by atoms with Gasteiger partial charge in [-0.25, -0.2) is 4.98 Å². The summed E-state index contributed by atoms with van der Waals surface area (Å²) in [5.41, 5.74) is 2.94. The van der Waals surface area contributed by atoms with Crippen LogP contribution in [-0.2, 0) is 0 Å². The summed E-state index contributed by atoms with van der Waals surface area (Å²) in [5.74, 6) is 0.913. The maximum absolute atomic E-state index is 9.56. The number of hydrogen-bond donors (Lipinski definition) is 1. The van der Waals surface area contributed by atoms with E-state index in [1.807, 2.05) is 31.2 Å². The molecule has 0 aliphatic rings. The molecule has 2 aromatic heterocycles. The van der Waals surface area contributed by atoms with Crippen LogP contribution in [-0.4, -0.2) is 14.5 Å². The number of nitrogens with zero attached hydrogens (tertiary/aromatic N) is 2. The van der Waals surface area contributed by atoms with Gasteiger partial charge in [-0.1, -0.05) is 41.4 Å². The van der Waals surface area contributed by atoms with Gasteiger partial charge in [0.2, 0.25) is 0 Å². The lowest BCUT2D eigenvalue weighted by atomic mass is 10.1. The van der Waals surface area contributed by atoms with E-state index in [1.54, 1.807) is 22.7 Å². The van der Waals surface area contributed by atoms with Gasteiger partial charge in [0.25, 0.3) is 0 Å². The smallest absolute Gasteiger partial charge is 0.155 e. The molecule has 1 aromatic carbocycles. The number of aromatic hydroxyl groups is 1. The summed E-state index contributed by atoms with van der Waals surface area (Å²) in [6.07, 6.45) is 1.61. The number of halogens is 1. The Morgan fingerprint density at radius 1 is 1.11 bits per heavy atom. The quantitative estimate of drug-likeness (QED) is 0.723. The maximum atomic E-state index is 9.56. The van der Waals surface area contributed by atoms with Crippen LogP contribution in [0.5, 0.6) is 5.75 Å². The van der Waals surface area contributed by atoms with Gasteiger partial charge in [0.15, 0.2) is 5.15 Å². The zero-order valence-corrected chi connectivity index (χ0v) is 10.5. The highest BCUT2D eigenvalue weighted by Crippen LogP contribution is 2.27. The summed E-state index contributed by atoms with van der Waals surface area (Å²) in [4.78, 5) is 4.35. The van der Waals surface area contributed by atoms with E-state index in [1.165, 1.54) is 5.56 Å². The van der Waals surface area contributed by atoms with Crippen LogP contribution in [0.1, 0.15) is 5.56 Å². The number of benzene rings is 1. The Balaban J connectivity index is 2.28. The Kier molecular flexibility index (Phi) is 2.49. The molecule has 0 spiro atoms. The van der Waals surface area contributed by atoms with Crippen molar-refractivity contribution in [3.05, 3.63) is 53.3 Å². The third-order valence-corrected chi connectivity index (χ3v) is 3.16. The molecule has 3 rings (SSSR count). The molecule has 3 aromatic rings. The lowest BCUT2D eigenvalue weighted by molar-refractivity contribution is 0.472. The molecule has 0 amide bonds. The van der Waals surface area contributed by atoms with Crippen molar-refractivity contribution in [2.75, 3.05) is 0 Å². The molecular weight excluding hydrogens is 248 g/mol. The normalized spacial score (nSPS) is 11.0. The average molecular weight is 259 g/mol. The van der Waals surface area contributed by atoms with Crippen LogP contribution in [0, 0.1) is 6.92 Å². The van der Waals surface area contributed by atoms with Crippen LogP contribution in [0.25, 0.3) is 16.9 Å². The number of hydrogen-bond acceptors (Lipinski definition) is 2. The third-order valence-electron chi connectivity index (χ3n) is 2.89. The number of fused-ring (bicyclic) bond motifs is 1. The van der Waals surface area contributed by atoms with Crippen molar-refractivity contribution in [3.8, 4) is 17.1 Å². The second kappa shape index (κ2) is 4.03. The van der Waals surface area contributed by atoms with Gasteiger partial charge in [-0.3, -0.25) is 4.40 Å². The van der Waals surface area contributed by atoms with Gasteiger partial charge in [-0.2, -0.15) is 0 Å². The van der Waals surface area contributed by atoms with Crippen molar-refractivity contribution in [1.82, 2.24) is 9.38 Å². The van der Waals surface area contributed by atoms with Gasteiger partial charge in [-0.15, -0.1) is 0 Å². The number of pyridine rings is 1. The van der Waals surface area contributed by atoms with Crippen molar-refractivity contribution in [2.24, 2.45) is 0 Å². The molecule has 0 unspecified atom stereocenters. The second-order valence-corrected chi connectivity index (χ2v) is 4.59. The van der Waals surface area contributed by atoms with Crippen LogP contribution in [0.2, 0.25) is 5.15 Å². The van der Waals surface area contributed by atoms with Crippen molar-refractivity contribution in [3.63, 3.8) is 0 Å². The van der Waals surface area contributed by atoms with E-state index >= 15 is 0 Å². The zero-order chi connectivity index (χ0) is 12.7. The predicted molar refractivity (Wildman–Crippen MR) is 72.0 cm³/mol. The van der Waals surface area contributed by atoms with Crippen LogP contribution in [0.15, 0.2) is 42.6 Å². The number of aromatic nitrogens is 2. The van der Waals surface area contributed by atoms with Crippen molar-refractivity contribution >= 4 is 17.1 Å².